The van der Waals surface area contributed by atoms with Crippen LogP contribution in [-0.2, 0) is 0 Å². The number of rotatable bonds is 0. The Morgan fingerprint density at radius 2 is 2.75 bits per heavy atom. The predicted octanol–water partition coefficient (Wildman–Crippen LogP) is 1.13. The van der Waals surface area contributed by atoms with E-state index in [1.54, 1.807) is 6.20 Å². The maximum absolute atomic E-state index is 8.22. The quantitative estimate of drug-likeness (QED) is 0.461. The fourth-order valence-electron chi connectivity index (χ4n) is 0.296. The number of nitrogens with one attached hydrogen (secondary N) is 1. The van der Waals surface area contributed by atoms with Gasteiger partial charge in [-0.15, -0.1) is 0 Å². The first-order chi connectivity index (χ1) is 3.83. The van der Waals surface area contributed by atoms with Crippen LogP contribution < -0.4 is 4.83 Å². The molecule has 1 heterocycles. The standard InChI is InChI=1S/C3H2BrN3S/c4-3-1-7(2-5)6-8-3/h1,6H. The van der Waals surface area contributed by atoms with Crippen LogP contribution in [0.4, 0.5) is 0 Å². The summed E-state index contributed by atoms with van der Waals surface area (Å²) in [6.45, 7) is 0. The van der Waals surface area contributed by atoms with Crippen molar-refractivity contribution < 1.29 is 0 Å². The summed E-state index contributed by atoms with van der Waals surface area (Å²) in [6.07, 6.45) is 3.55. The number of halogens is 1. The molecule has 0 saturated carbocycles. The summed E-state index contributed by atoms with van der Waals surface area (Å²) < 4.78 is 0.916. The van der Waals surface area contributed by atoms with Crippen LogP contribution in [-0.4, -0.2) is 5.01 Å². The van der Waals surface area contributed by atoms with E-state index in [2.05, 4.69) is 20.8 Å². The molecule has 0 aliphatic carbocycles. The highest BCUT2D eigenvalue weighted by atomic mass is 79.9. The van der Waals surface area contributed by atoms with Gasteiger partial charge in [0, 0.05) is 0 Å². The second kappa shape index (κ2) is 2.40. The SMILES string of the molecule is N#CN1C=C(Br)SN1. The van der Waals surface area contributed by atoms with Crippen molar-refractivity contribution in [3.05, 3.63) is 10.0 Å². The zero-order valence-corrected chi connectivity index (χ0v) is 6.16. The topological polar surface area (TPSA) is 39.1 Å². The van der Waals surface area contributed by atoms with Crippen LogP contribution in [0.15, 0.2) is 10.0 Å². The maximum Gasteiger partial charge on any atom is 0.200 e. The molecule has 0 unspecified atom stereocenters. The summed E-state index contributed by atoms with van der Waals surface area (Å²) in [5.41, 5.74) is 0. The first kappa shape index (κ1) is 5.95. The average molecular weight is 192 g/mol. The fourth-order valence-corrected chi connectivity index (χ4v) is 1.16. The molecule has 0 saturated heterocycles. The zero-order valence-electron chi connectivity index (χ0n) is 3.76. The first-order valence-electron chi connectivity index (χ1n) is 1.81. The van der Waals surface area contributed by atoms with Gasteiger partial charge in [0.25, 0.3) is 0 Å². The van der Waals surface area contributed by atoms with Crippen LogP contribution in [0.25, 0.3) is 0 Å². The number of nitrogens with zero attached hydrogens (tertiary/aromatic N) is 2. The van der Waals surface area contributed by atoms with Gasteiger partial charge in [0.2, 0.25) is 6.19 Å². The lowest BCUT2D eigenvalue weighted by atomic mass is 10.9. The van der Waals surface area contributed by atoms with Gasteiger partial charge in [-0.05, 0) is 27.9 Å². The molecule has 0 aromatic heterocycles. The molecule has 1 rings (SSSR count). The van der Waals surface area contributed by atoms with Gasteiger partial charge in [-0.1, -0.05) is 0 Å². The first-order valence-corrected chi connectivity index (χ1v) is 3.42. The van der Waals surface area contributed by atoms with Crippen molar-refractivity contribution in [1.29, 1.82) is 5.26 Å². The molecule has 8 heavy (non-hydrogen) atoms. The van der Waals surface area contributed by atoms with Crippen molar-refractivity contribution in [3.8, 4) is 6.19 Å². The third-order valence-electron chi connectivity index (χ3n) is 0.580. The van der Waals surface area contributed by atoms with E-state index in [1.807, 2.05) is 6.19 Å². The highest BCUT2D eigenvalue weighted by molar-refractivity contribution is 9.14. The van der Waals surface area contributed by atoms with Crippen LogP contribution in [0.5, 0.6) is 0 Å². The summed E-state index contributed by atoms with van der Waals surface area (Å²) in [5.74, 6) is 0. The van der Waals surface area contributed by atoms with Gasteiger partial charge in [-0.25, -0.2) is 5.01 Å². The monoisotopic (exact) mass is 191 g/mol. The Bertz CT molecular complexity index is 160. The Morgan fingerprint density at radius 3 is 3.00 bits per heavy atom. The van der Waals surface area contributed by atoms with E-state index < -0.39 is 0 Å². The molecule has 0 aromatic rings. The van der Waals surface area contributed by atoms with Gasteiger partial charge in [0.15, 0.2) is 0 Å². The van der Waals surface area contributed by atoms with Gasteiger partial charge >= 0.3 is 0 Å². The van der Waals surface area contributed by atoms with E-state index in [1.165, 1.54) is 17.0 Å². The van der Waals surface area contributed by atoms with Gasteiger partial charge < -0.3 is 0 Å². The summed E-state index contributed by atoms with van der Waals surface area (Å²) >= 11 is 4.55. The highest BCUT2D eigenvalue weighted by Gasteiger charge is 2.07. The lowest BCUT2D eigenvalue weighted by molar-refractivity contribution is 0.516. The second-order valence-electron chi connectivity index (χ2n) is 1.10. The fraction of sp³-hybridized carbons (Fsp3) is 0. The maximum atomic E-state index is 8.22. The molecule has 42 valence electrons. The highest BCUT2D eigenvalue weighted by Crippen LogP contribution is 2.24. The normalized spacial score (nSPS) is 18.0. The predicted molar refractivity (Wildman–Crippen MR) is 35.2 cm³/mol. The minimum Gasteiger partial charge on any atom is -0.207 e. The lowest BCUT2D eigenvalue weighted by Crippen LogP contribution is -2.16. The second-order valence-corrected chi connectivity index (χ2v) is 3.30. The Kier molecular flexibility index (Phi) is 1.78. The lowest BCUT2D eigenvalue weighted by Gasteiger charge is -1.97. The van der Waals surface area contributed by atoms with E-state index in [0.717, 1.165) is 3.81 Å². The Hall–Kier alpha value is -0.180. The summed E-state index contributed by atoms with van der Waals surface area (Å²) in [7, 11) is 0. The van der Waals surface area contributed by atoms with Crippen LogP contribution >= 0.6 is 27.9 Å². The molecule has 0 radical (unpaired) electrons. The Labute approximate surface area is 59.6 Å². The minimum absolute atomic E-state index is 0.916. The molecule has 3 nitrogen and oxygen atoms in total. The minimum atomic E-state index is 0.916. The number of hydrazine groups is 1. The molecule has 1 N–H and O–H groups in total. The molecule has 0 atom stereocenters. The van der Waals surface area contributed by atoms with Crippen molar-refractivity contribution in [2.24, 2.45) is 0 Å². The van der Waals surface area contributed by atoms with Crippen molar-refractivity contribution >= 4 is 27.9 Å². The molecule has 0 fully saturated rings. The molecule has 0 spiro atoms. The van der Waals surface area contributed by atoms with Crippen LogP contribution in [0.3, 0.4) is 0 Å². The zero-order chi connectivity index (χ0) is 5.98. The van der Waals surface area contributed by atoms with E-state index in [4.69, 9.17) is 5.26 Å². The average Bonchev–Trinajstić information content (AvgIpc) is 2.14. The molecule has 5 heteroatoms. The van der Waals surface area contributed by atoms with Crippen molar-refractivity contribution in [1.82, 2.24) is 9.84 Å². The molecular weight excluding hydrogens is 190 g/mol. The Balaban J connectivity index is 2.57. The van der Waals surface area contributed by atoms with Crippen molar-refractivity contribution in [2.75, 3.05) is 0 Å². The molecular formula is C3H2BrN3S. The number of hydrogen-bond donors (Lipinski definition) is 1. The van der Waals surface area contributed by atoms with Crippen LogP contribution in [0.2, 0.25) is 0 Å². The van der Waals surface area contributed by atoms with Gasteiger partial charge in [-0.3, -0.25) is 0 Å². The van der Waals surface area contributed by atoms with Crippen molar-refractivity contribution in [2.45, 2.75) is 0 Å². The molecule has 0 bridgehead atoms. The van der Waals surface area contributed by atoms with E-state index >= 15 is 0 Å². The number of nitriles is 1. The molecule has 0 aromatic carbocycles. The van der Waals surface area contributed by atoms with Crippen LogP contribution in [0, 0.1) is 11.5 Å². The largest absolute Gasteiger partial charge is 0.207 e. The van der Waals surface area contributed by atoms with Crippen LogP contribution in [0.1, 0.15) is 0 Å². The van der Waals surface area contributed by atoms with Gasteiger partial charge in [0.1, 0.15) is 0 Å². The molecule has 0 amide bonds. The van der Waals surface area contributed by atoms with E-state index in [-0.39, 0.29) is 0 Å². The summed E-state index contributed by atoms with van der Waals surface area (Å²) in [6, 6.07) is 0. The van der Waals surface area contributed by atoms with Crippen molar-refractivity contribution in [3.63, 3.8) is 0 Å². The smallest absolute Gasteiger partial charge is 0.200 e. The molecule has 1 aliphatic heterocycles. The van der Waals surface area contributed by atoms with Gasteiger partial charge in [-0.2, -0.15) is 10.1 Å². The molecule has 1 aliphatic rings. The summed E-state index contributed by atoms with van der Waals surface area (Å²) in [5, 5.41) is 9.53. The Morgan fingerprint density at radius 1 is 2.00 bits per heavy atom. The van der Waals surface area contributed by atoms with E-state index in [9.17, 15) is 0 Å². The van der Waals surface area contributed by atoms with Gasteiger partial charge in [0.05, 0.1) is 10.0 Å². The number of hydrogen-bond acceptors (Lipinski definition) is 4. The third kappa shape index (κ3) is 1.15. The summed E-state index contributed by atoms with van der Waals surface area (Å²) in [4.78, 5) is 2.71. The van der Waals surface area contributed by atoms with E-state index in [0.29, 0.717) is 0 Å². The third-order valence-corrected chi connectivity index (χ3v) is 1.86.